The second-order valence-corrected chi connectivity index (χ2v) is 9.25. The number of halogens is 1. The van der Waals surface area contributed by atoms with Crippen LogP contribution in [0.3, 0.4) is 0 Å². The third kappa shape index (κ3) is 3.91. The first-order valence-electron chi connectivity index (χ1n) is 11.7. The molecule has 1 aliphatic heterocycles. The highest BCUT2D eigenvalue weighted by Gasteiger charge is 2.35. The van der Waals surface area contributed by atoms with Crippen molar-refractivity contribution < 1.29 is 8.91 Å². The second-order valence-electron chi connectivity index (χ2n) is 8.86. The van der Waals surface area contributed by atoms with Gasteiger partial charge in [-0.3, -0.25) is 4.90 Å². The average Bonchev–Trinajstić information content (AvgIpc) is 3.54. The minimum atomic E-state index is -0.310. The molecule has 5 nitrogen and oxygen atoms in total. The van der Waals surface area contributed by atoms with Crippen LogP contribution < -0.4 is 10.2 Å². The van der Waals surface area contributed by atoms with Gasteiger partial charge in [0.1, 0.15) is 5.82 Å². The lowest BCUT2D eigenvalue weighted by Gasteiger charge is -2.37. The highest BCUT2D eigenvalue weighted by atomic mass is 32.1. The molecular formula is C28H23FN4OS. The zero-order valence-corrected chi connectivity index (χ0v) is 20.0. The summed E-state index contributed by atoms with van der Waals surface area (Å²) < 4.78 is 19.2. The molecule has 1 aliphatic carbocycles. The second kappa shape index (κ2) is 8.74. The van der Waals surface area contributed by atoms with Crippen LogP contribution in [-0.2, 0) is 12.8 Å². The lowest BCUT2D eigenvalue weighted by molar-refractivity contribution is 0.404. The van der Waals surface area contributed by atoms with Crippen LogP contribution in [0.15, 0.2) is 83.0 Å². The van der Waals surface area contributed by atoms with Gasteiger partial charge in [0.05, 0.1) is 11.6 Å². The molecule has 0 fully saturated rings. The Morgan fingerprint density at radius 2 is 1.77 bits per heavy atom. The Labute approximate surface area is 208 Å². The molecule has 0 radical (unpaired) electrons. The lowest BCUT2D eigenvalue weighted by Crippen LogP contribution is -2.46. The van der Waals surface area contributed by atoms with Crippen LogP contribution in [0.25, 0.3) is 17.0 Å². The van der Waals surface area contributed by atoms with Crippen LogP contribution in [0.4, 0.5) is 10.1 Å². The highest BCUT2D eigenvalue weighted by Crippen LogP contribution is 2.40. The maximum absolute atomic E-state index is 13.4. The zero-order valence-electron chi connectivity index (χ0n) is 19.2. The molecule has 0 amide bonds. The molecule has 1 N–H and O–H groups in total. The summed E-state index contributed by atoms with van der Waals surface area (Å²) in [6.45, 7) is 2.04. The quantitative estimate of drug-likeness (QED) is 0.348. The summed E-state index contributed by atoms with van der Waals surface area (Å²) >= 11 is 5.87. The van der Waals surface area contributed by atoms with E-state index in [1.54, 1.807) is 12.1 Å². The van der Waals surface area contributed by atoms with Crippen LogP contribution >= 0.6 is 12.2 Å². The summed E-state index contributed by atoms with van der Waals surface area (Å²) in [6, 6.07) is 22.5. The number of allylic oxidation sites excluding steroid dienone is 1. The Hall–Kier alpha value is -3.84. The van der Waals surface area contributed by atoms with Crippen molar-refractivity contribution in [2.24, 2.45) is 0 Å². The summed E-state index contributed by atoms with van der Waals surface area (Å²) in [5, 5.41) is 8.32. The summed E-state index contributed by atoms with van der Waals surface area (Å²) in [7, 11) is 0. The number of benzene rings is 3. The fourth-order valence-corrected chi connectivity index (χ4v) is 5.33. The molecule has 174 valence electrons. The average molecular weight is 483 g/mol. The predicted octanol–water partition coefficient (Wildman–Crippen LogP) is 6.23. The Kier molecular flexibility index (Phi) is 5.41. The van der Waals surface area contributed by atoms with Gasteiger partial charge in [-0.1, -0.05) is 41.6 Å². The topological polar surface area (TPSA) is 54.2 Å². The number of nitrogens with one attached hydrogen (secondary N) is 1. The van der Waals surface area contributed by atoms with Crippen molar-refractivity contribution in [1.29, 1.82) is 0 Å². The number of aromatic nitrogens is 2. The van der Waals surface area contributed by atoms with Crippen molar-refractivity contribution in [1.82, 2.24) is 15.5 Å². The summed E-state index contributed by atoms with van der Waals surface area (Å²) in [5.41, 5.74) is 7.31. The van der Waals surface area contributed by atoms with Crippen LogP contribution in [-0.4, -0.2) is 15.3 Å². The summed E-state index contributed by atoms with van der Waals surface area (Å²) in [6.07, 6.45) is 3.40. The van der Waals surface area contributed by atoms with Gasteiger partial charge in [0.25, 0.3) is 5.89 Å². The third-order valence-corrected chi connectivity index (χ3v) is 7.02. The molecule has 7 heteroatoms. The number of nitrogens with zero attached hydrogens (tertiary/aromatic N) is 3. The van der Waals surface area contributed by atoms with Crippen LogP contribution in [0.1, 0.15) is 42.0 Å². The molecular weight excluding hydrogens is 459 g/mol. The van der Waals surface area contributed by atoms with Crippen LogP contribution in [0.2, 0.25) is 0 Å². The van der Waals surface area contributed by atoms with Crippen molar-refractivity contribution in [3.63, 3.8) is 0 Å². The monoisotopic (exact) mass is 482 g/mol. The van der Waals surface area contributed by atoms with Gasteiger partial charge in [-0.25, -0.2) is 4.39 Å². The summed E-state index contributed by atoms with van der Waals surface area (Å²) in [4.78, 5) is 6.75. The standard InChI is InChI=1S/C28H23FN4OS/c1-17-24(27-31-26(32-34-27)20-10-13-22(29)14-11-20)25(19-6-3-2-4-7-19)30-28(35)33(17)23-15-12-18-8-5-9-21(18)16-23/h2-4,6-7,10-16,25H,5,8-9H2,1H3,(H,30,35). The Morgan fingerprint density at radius 1 is 1.00 bits per heavy atom. The molecule has 4 aromatic rings. The molecule has 1 aromatic heterocycles. The van der Waals surface area contributed by atoms with Gasteiger partial charge in [0.2, 0.25) is 5.82 Å². The third-order valence-electron chi connectivity index (χ3n) is 6.72. The van der Waals surface area contributed by atoms with E-state index in [-0.39, 0.29) is 11.9 Å². The normalized spacial score (nSPS) is 17.5. The maximum Gasteiger partial charge on any atom is 0.258 e. The van der Waals surface area contributed by atoms with Gasteiger partial charge in [-0.15, -0.1) is 0 Å². The fraction of sp³-hybridized carbons (Fsp3) is 0.179. The molecule has 1 atom stereocenters. The molecule has 0 saturated carbocycles. The van der Waals surface area contributed by atoms with E-state index < -0.39 is 0 Å². The van der Waals surface area contributed by atoms with Crippen molar-refractivity contribution in [3.8, 4) is 11.4 Å². The van der Waals surface area contributed by atoms with E-state index in [1.165, 1.54) is 29.7 Å². The summed E-state index contributed by atoms with van der Waals surface area (Å²) in [5.74, 6) is 0.497. The van der Waals surface area contributed by atoms with Crippen molar-refractivity contribution in [3.05, 3.63) is 107 Å². The number of fused-ring (bicyclic) bond motifs is 1. The van der Waals surface area contributed by atoms with E-state index in [2.05, 4.69) is 40.8 Å². The van der Waals surface area contributed by atoms with E-state index in [0.717, 1.165) is 35.4 Å². The molecule has 2 aliphatic rings. The number of hydrogen-bond donors (Lipinski definition) is 1. The van der Waals surface area contributed by atoms with E-state index >= 15 is 0 Å². The SMILES string of the molecule is CC1=C(c2nc(-c3ccc(F)cc3)no2)C(c2ccccc2)NC(=S)N1c1ccc2c(c1)CCC2. The smallest absolute Gasteiger partial charge is 0.258 e. The van der Waals surface area contributed by atoms with Gasteiger partial charge in [-0.2, -0.15) is 4.98 Å². The predicted molar refractivity (Wildman–Crippen MR) is 138 cm³/mol. The van der Waals surface area contributed by atoms with Gasteiger partial charge >= 0.3 is 0 Å². The molecule has 35 heavy (non-hydrogen) atoms. The van der Waals surface area contributed by atoms with Gasteiger partial charge in [0.15, 0.2) is 5.11 Å². The van der Waals surface area contributed by atoms with E-state index in [0.29, 0.717) is 22.4 Å². The fourth-order valence-electron chi connectivity index (χ4n) is 4.97. The van der Waals surface area contributed by atoms with Gasteiger partial charge in [-0.05, 0) is 91.5 Å². The van der Waals surface area contributed by atoms with Gasteiger partial charge in [0, 0.05) is 16.9 Å². The molecule has 0 saturated heterocycles. The molecule has 1 unspecified atom stereocenters. The zero-order chi connectivity index (χ0) is 23.9. The number of thiocarbonyl (C=S) groups is 1. The van der Waals surface area contributed by atoms with E-state index in [9.17, 15) is 4.39 Å². The maximum atomic E-state index is 13.4. The number of hydrogen-bond acceptors (Lipinski definition) is 4. The van der Waals surface area contributed by atoms with Crippen molar-refractivity contribution in [2.75, 3.05) is 4.90 Å². The van der Waals surface area contributed by atoms with E-state index in [1.807, 2.05) is 30.0 Å². The Bertz CT molecular complexity index is 1450. The molecule has 2 heterocycles. The van der Waals surface area contributed by atoms with E-state index in [4.69, 9.17) is 21.7 Å². The van der Waals surface area contributed by atoms with Crippen molar-refractivity contribution in [2.45, 2.75) is 32.2 Å². The largest absolute Gasteiger partial charge is 0.351 e. The molecule has 6 rings (SSSR count). The number of aryl methyl sites for hydroxylation is 2. The highest BCUT2D eigenvalue weighted by molar-refractivity contribution is 7.80. The first-order chi connectivity index (χ1) is 17.1. The minimum absolute atomic E-state index is 0.254. The van der Waals surface area contributed by atoms with Crippen LogP contribution in [0, 0.1) is 5.82 Å². The Balaban J connectivity index is 1.48. The van der Waals surface area contributed by atoms with Crippen molar-refractivity contribution >= 4 is 28.6 Å². The van der Waals surface area contributed by atoms with Crippen LogP contribution in [0.5, 0.6) is 0 Å². The lowest BCUT2D eigenvalue weighted by atomic mass is 9.94. The molecule has 0 bridgehead atoms. The minimum Gasteiger partial charge on any atom is -0.351 e. The molecule has 0 spiro atoms. The number of rotatable bonds is 4. The molecule has 3 aromatic carbocycles. The van der Waals surface area contributed by atoms with Gasteiger partial charge < -0.3 is 9.84 Å². The number of anilines is 1. The Morgan fingerprint density at radius 3 is 2.57 bits per heavy atom. The first kappa shape index (κ1) is 21.7. The first-order valence-corrected chi connectivity index (χ1v) is 12.1.